The average Bonchev–Trinajstić information content (AvgIpc) is 2.35. The van der Waals surface area contributed by atoms with E-state index in [9.17, 15) is 0 Å². The van der Waals surface area contributed by atoms with Crippen molar-refractivity contribution in [3.05, 3.63) is 24.3 Å². The number of hydrogen-bond donors (Lipinski definition) is 1. The molecule has 1 atom stereocenters. The van der Waals surface area contributed by atoms with Crippen LogP contribution in [0.15, 0.2) is 24.3 Å². The van der Waals surface area contributed by atoms with Crippen molar-refractivity contribution in [1.82, 2.24) is 4.90 Å². The van der Waals surface area contributed by atoms with Gasteiger partial charge < -0.3 is 15.4 Å². The third kappa shape index (κ3) is 4.65. The fourth-order valence-electron chi connectivity index (χ4n) is 1.82. The van der Waals surface area contributed by atoms with Crippen molar-refractivity contribution in [2.75, 3.05) is 32.0 Å². The van der Waals surface area contributed by atoms with Gasteiger partial charge in [-0.25, -0.2) is 0 Å². The Labute approximate surface area is 105 Å². The molecule has 1 aromatic carbocycles. The van der Waals surface area contributed by atoms with Gasteiger partial charge in [0.25, 0.3) is 0 Å². The van der Waals surface area contributed by atoms with Crippen LogP contribution in [0, 0.1) is 5.92 Å². The molecule has 0 radical (unpaired) electrons. The largest absolute Gasteiger partial charge is 0.491 e. The van der Waals surface area contributed by atoms with Gasteiger partial charge in [0.15, 0.2) is 0 Å². The summed E-state index contributed by atoms with van der Waals surface area (Å²) in [6.45, 7) is 10.5. The minimum atomic E-state index is 0.509. The SMILES string of the molecule is CCN(CC)CC(C)COc1ccccc1N. The second-order valence-corrected chi connectivity index (χ2v) is 4.44. The summed E-state index contributed by atoms with van der Waals surface area (Å²) in [4.78, 5) is 2.41. The van der Waals surface area contributed by atoms with Crippen LogP contribution < -0.4 is 10.5 Å². The Hall–Kier alpha value is -1.22. The molecule has 0 amide bonds. The molecule has 0 heterocycles. The molecule has 0 aliphatic carbocycles. The van der Waals surface area contributed by atoms with Crippen molar-refractivity contribution in [2.24, 2.45) is 5.92 Å². The van der Waals surface area contributed by atoms with E-state index in [0.717, 1.165) is 25.4 Å². The van der Waals surface area contributed by atoms with E-state index >= 15 is 0 Å². The average molecular weight is 236 g/mol. The Morgan fingerprint density at radius 3 is 2.47 bits per heavy atom. The van der Waals surface area contributed by atoms with Crippen LogP contribution in [0.4, 0.5) is 5.69 Å². The molecule has 0 saturated carbocycles. The second-order valence-electron chi connectivity index (χ2n) is 4.44. The number of rotatable bonds is 7. The van der Waals surface area contributed by atoms with Crippen molar-refractivity contribution in [3.8, 4) is 5.75 Å². The summed E-state index contributed by atoms with van der Waals surface area (Å²) in [5.41, 5.74) is 6.54. The zero-order valence-corrected chi connectivity index (χ0v) is 11.1. The van der Waals surface area contributed by atoms with Gasteiger partial charge >= 0.3 is 0 Å². The summed E-state index contributed by atoms with van der Waals surface area (Å²) >= 11 is 0. The van der Waals surface area contributed by atoms with Gasteiger partial charge in [-0.2, -0.15) is 0 Å². The predicted octanol–water partition coefficient (Wildman–Crippen LogP) is 2.63. The standard InChI is InChI=1S/C14H24N2O/c1-4-16(5-2)10-12(3)11-17-14-9-7-6-8-13(14)15/h6-9,12H,4-5,10-11,15H2,1-3H3. The number of nitrogen functional groups attached to an aromatic ring is 1. The number of nitrogens with zero attached hydrogens (tertiary/aromatic N) is 1. The highest BCUT2D eigenvalue weighted by Crippen LogP contribution is 2.20. The first-order valence-corrected chi connectivity index (χ1v) is 6.37. The molecule has 0 saturated heterocycles. The van der Waals surface area contributed by atoms with E-state index in [4.69, 9.17) is 10.5 Å². The predicted molar refractivity (Wildman–Crippen MR) is 73.3 cm³/mol. The van der Waals surface area contributed by atoms with Gasteiger partial charge in [-0.05, 0) is 25.2 Å². The summed E-state index contributed by atoms with van der Waals surface area (Å²) in [5.74, 6) is 1.30. The minimum absolute atomic E-state index is 0.509. The van der Waals surface area contributed by atoms with Crippen LogP contribution in [0.1, 0.15) is 20.8 Å². The Morgan fingerprint density at radius 1 is 1.24 bits per heavy atom. The highest BCUT2D eigenvalue weighted by molar-refractivity contribution is 5.51. The summed E-state index contributed by atoms with van der Waals surface area (Å²) in [6.07, 6.45) is 0. The van der Waals surface area contributed by atoms with Crippen molar-refractivity contribution >= 4 is 5.69 Å². The maximum absolute atomic E-state index is 5.82. The van der Waals surface area contributed by atoms with Crippen LogP contribution >= 0.6 is 0 Å². The molecule has 0 bridgehead atoms. The number of ether oxygens (including phenoxy) is 1. The zero-order chi connectivity index (χ0) is 12.7. The van der Waals surface area contributed by atoms with E-state index in [0.29, 0.717) is 18.2 Å². The molecule has 2 N–H and O–H groups in total. The Morgan fingerprint density at radius 2 is 1.88 bits per heavy atom. The quantitative estimate of drug-likeness (QED) is 0.740. The fourth-order valence-corrected chi connectivity index (χ4v) is 1.82. The van der Waals surface area contributed by atoms with Crippen LogP contribution in [-0.2, 0) is 0 Å². The molecule has 3 nitrogen and oxygen atoms in total. The maximum Gasteiger partial charge on any atom is 0.142 e. The molecule has 1 aromatic rings. The molecule has 0 aliphatic rings. The van der Waals surface area contributed by atoms with E-state index in [-0.39, 0.29) is 0 Å². The van der Waals surface area contributed by atoms with Crippen LogP contribution in [0.2, 0.25) is 0 Å². The smallest absolute Gasteiger partial charge is 0.142 e. The van der Waals surface area contributed by atoms with Crippen molar-refractivity contribution in [1.29, 1.82) is 0 Å². The topological polar surface area (TPSA) is 38.5 Å². The normalized spacial score (nSPS) is 12.7. The molecule has 96 valence electrons. The molecule has 0 spiro atoms. The van der Waals surface area contributed by atoms with Gasteiger partial charge in [0, 0.05) is 12.5 Å². The van der Waals surface area contributed by atoms with Gasteiger partial charge in [0.05, 0.1) is 12.3 Å². The molecule has 0 aliphatic heterocycles. The van der Waals surface area contributed by atoms with E-state index in [1.54, 1.807) is 0 Å². The van der Waals surface area contributed by atoms with Crippen molar-refractivity contribution < 1.29 is 4.74 Å². The van der Waals surface area contributed by atoms with Crippen molar-refractivity contribution in [2.45, 2.75) is 20.8 Å². The first kappa shape index (κ1) is 13.8. The Bertz CT molecular complexity index is 324. The number of nitrogens with two attached hydrogens (primary N) is 1. The number of benzene rings is 1. The Kier molecular flexibility index (Phi) is 5.84. The van der Waals surface area contributed by atoms with Crippen LogP contribution in [0.25, 0.3) is 0 Å². The van der Waals surface area contributed by atoms with Crippen LogP contribution in [0.5, 0.6) is 5.75 Å². The lowest BCUT2D eigenvalue weighted by Crippen LogP contribution is -2.30. The number of para-hydroxylation sites is 2. The molecule has 17 heavy (non-hydrogen) atoms. The summed E-state index contributed by atoms with van der Waals surface area (Å²) in [7, 11) is 0. The number of hydrogen-bond acceptors (Lipinski definition) is 3. The lowest BCUT2D eigenvalue weighted by molar-refractivity contribution is 0.196. The van der Waals surface area contributed by atoms with Crippen molar-refractivity contribution in [3.63, 3.8) is 0 Å². The third-order valence-electron chi connectivity index (χ3n) is 2.91. The highest BCUT2D eigenvalue weighted by Gasteiger charge is 2.08. The molecule has 1 rings (SSSR count). The second kappa shape index (κ2) is 7.17. The third-order valence-corrected chi connectivity index (χ3v) is 2.91. The molecule has 0 fully saturated rings. The fraction of sp³-hybridized carbons (Fsp3) is 0.571. The summed E-state index contributed by atoms with van der Waals surface area (Å²) in [5, 5.41) is 0. The minimum Gasteiger partial charge on any atom is -0.491 e. The molecule has 1 unspecified atom stereocenters. The lowest BCUT2D eigenvalue weighted by Gasteiger charge is -2.22. The molecule has 3 heteroatoms. The highest BCUT2D eigenvalue weighted by atomic mass is 16.5. The first-order valence-electron chi connectivity index (χ1n) is 6.37. The summed E-state index contributed by atoms with van der Waals surface area (Å²) < 4.78 is 5.74. The molecular formula is C14H24N2O. The molecular weight excluding hydrogens is 212 g/mol. The van der Waals surface area contributed by atoms with E-state index in [1.807, 2.05) is 24.3 Å². The maximum atomic E-state index is 5.82. The van der Waals surface area contributed by atoms with E-state index < -0.39 is 0 Å². The molecule has 0 aromatic heterocycles. The summed E-state index contributed by atoms with van der Waals surface area (Å²) in [6, 6.07) is 7.64. The van der Waals surface area contributed by atoms with Gasteiger partial charge in [-0.1, -0.05) is 32.9 Å². The van der Waals surface area contributed by atoms with Gasteiger partial charge in [0.1, 0.15) is 5.75 Å². The van der Waals surface area contributed by atoms with Gasteiger partial charge in [-0.3, -0.25) is 0 Å². The lowest BCUT2D eigenvalue weighted by atomic mass is 10.2. The van der Waals surface area contributed by atoms with Gasteiger partial charge in [-0.15, -0.1) is 0 Å². The van der Waals surface area contributed by atoms with E-state index in [1.165, 1.54) is 0 Å². The van der Waals surface area contributed by atoms with Crippen LogP contribution in [-0.4, -0.2) is 31.1 Å². The van der Waals surface area contributed by atoms with Crippen LogP contribution in [0.3, 0.4) is 0 Å². The Balaban J connectivity index is 2.38. The zero-order valence-electron chi connectivity index (χ0n) is 11.1. The van der Waals surface area contributed by atoms with E-state index in [2.05, 4.69) is 25.7 Å². The van der Waals surface area contributed by atoms with Gasteiger partial charge in [0.2, 0.25) is 0 Å². The monoisotopic (exact) mass is 236 g/mol. The number of anilines is 1. The first-order chi connectivity index (χ1) is 8.17.